The van der Waals surface area contributed by atoms with Gasteiger partial charge in [0.25, 0.3) is 0 Å². The van der Waals surface area contributed by atoms with Gasteiger partial charge in [0.2, 0.25) is 0 Å². The van der Waals surface area contributed by atoms with Crippen molar-refractivity contribution in [2.45, 2.75) is 46.1 Å². The van der Waals surface area contributed by atoms with E-state index < -0.39 is 0 Å². The minimum absolute atomic E-state index is 0. The predicted octanol–water partition coefficient (Wildman–Crippen LogP) is 4.52. The zero-order chi connectivity index (χ0) is 19.1. The number of benzene rings is 1. The molecule has 2 heterocycles. The number of aliphatic imine (C=N–C) groups is 1. The Kier molecular flexibility index (Phi) is 9.67. The van der Waals surface area contributed by atoms with Crippen LogP contribution in [0.25, 0.3) is 0 Å². The molecule has 7 heteroatoms. The fourth-order valence-corrected chi connectivity index (χ4v) is 4.16. The Hall–Kier alpha value is -1.19. The van der Waals surface area contributed by atoms with Crippen LogP contribution in [0.15, 0.2) is 34.6 Å². The average Bonchev–Trinajstić information content (AvgIpc) is 3.15. The van der Waals surface area contributed by atoms with Crippen molar-refractivity contribution < 1.29 is 0 Å². The van der Waals surface area contributed by atoms with Crippen molar-refractivity contribution in [2.75, 3.05) is 25.0 Å². The third kappa shape index (κ3) is 7.00. The normalized spacial score (nSPS) is 16.0. The second kappa shape index (κ2) is 11.7. The fraction of sp³-hybridized carbons (Fsp3) is 0.524. The number of thiazole rings is 1. The molecule has 0 amide bonds. The molecule has 1 aliphatic heterocycles. The SMILES string of the molecule is CCc1cccc(NC(N)=NCC2CCN(Cc3csc(CC)n3)CC2)c1.I. The summed E-state index contributed by atoms with van der Waals surface area (Å²) in [6, 6.07) is 8.34. The van der Waals surface area contributed by atoms with Crippen LogP contribution in [0.1, 0.15) is 43.0 Å². The van der Waals surface area contributed by atoms with Crippen LogP contribution in [-0.2, 0) is 19.4 Å². The summed E-state index contributed by atoms with van der Waals surface area (Å²) >= 11 is 1.78. The molecular weight excluding hydrogens is 481 g/mol. The van der Waals surface area contributed by atoms with E-state index in [1.165, 1.54) is 29.1 Å². The number of nitrogens with zero attached hydrogens (tertiary/aromatic N) is 3. The average molecular weight is 513 g/mol. The lowest BCUT2D eigenvalue weighted by Crippen LogP contribution is -2.34. The maximum Gasteiger partial charge on any atom is 0.193 e. The highest BCUT2D eigenvalue weighted by atomic mass is 127. The van der Waals surface area contributed by atoms with Gasteiger partial charge in [-0.15, -0.1) is 35.3 Å². The maximum absolute atomic E-state index is 6.08. The number of aromatic nitrogens is 1. The summed E-state index contributed by atoms with van der Waals surface area (Å²) < 4.78 is 0. The van der Waals surface area contributed by atoms with E-state index in [4.69, 9.17) is 5.73 Å². The first-order valence-corrected chi connectivity index (χ1v) is 10.9. The monoisotopic (exact) mass is 513 g/mol. The quantitative estimate of drug-likeness (QED) is 0.325. The fourth-order valence-electron chi connectivity index (χ4n) is 3.42. The van der Waals surface area contributed by atoms with Crippen molar-refractivity contribution >= 4 is 47.0 Å². The largest absolute Gasteiger partial charge is 0.370 e. The number of halogens is 1. The highest BCUT2D eigenvalue weighted by Crippen LogP contribution is 2.20. The first-order chi connectivity index (χ1) is 13.2. The Morgan fingerprint density at radius 3 is 2.75 bits per heavy atom. The van der Waals surface area contributed by atoms with E-state index >= 15 is 0 Å². The molecule has 5 nitrogen and oxygen atoms in total. The zero-order valence-corrected chi connectivity index (χ0v) is 20.0. The summed E-state index contributed by atoms with van der Waals surface area (Å²) in [5.41, 5.74) is 9.61. The van der Waals surface area contributed by atoms with E-state index in [0.717, 1.165) is 44.7 Å². The van der Waals surface area contributed by atoms with Gasteiger partial charge in [-0.05, 0) is 62.4 Å². The van der Waals surface area contributed by atoms with Crippen molar-refractivity contribution in [1.29, 1.82) is 0 Å². The van der Waals surface area contributed by atoms with E-state index in [2.05, 4.69) is 57.6 Å². The molecule has 3 N–H and O–H groups in total. The molecule has 0 unspecified atom stereocenters. The Balaban J connectivity index is 0.00000280. The van der Waals surface area contributed by atoms with E-state index in [-0.39, 0.29) is 24.0 Å². The lowest BCUT2D eigenvalue weighted by Gasteiger charge is -2.30. The van der Waals surface area contributed by atoms with Crippen molar-refractivity contribution in [2.24, 2.45) is 16.6 Å². The molecule has 28 heavy (non-hydrogen) atoms. The Labute approximate surface area is 189 Å². The highest BCUT2D eigenvalue weighted by molar-refractivity contribution is 14.0. The van der Waals surface area contributed by atoms with Crippen molar-refractivity contribution in [3.63, 3.8) is 0 Å². The van der Waals surface area contributed by atoms with Gasteiger partial charge in [-0.1, -0.05) is 26.0 Å². The molecule has 154 valence electrons. The molecule has 3 rings (SSSR count). The van der Waals surface area contributed by atoms with Crippen LogP contribution in [0, 0.1) is 5.92 Å². The van der Waals surface area contributed by atoms with E-state index in [1.807, 2.05) is 6.07 Å². The number of aryl methyl sites for hydroxylation is 2. The van der Waals surface area contributed by atoms with Gasteiger partial charge in [0.1, 0.15) is 0 Å². The van der Waals surface area contributed by atoms with Gasteiger partial charge in [-0.2, -0.15) is 0 Å². The summed E-state index contributed by atoms with van der Waals surface area (Å²) in [5.74, 6) is 1.13. The van der Waals surface area contributed by atoms with Crippen LogP contribution in [0.4, 0.5) is 5.69 Å². The second-order valence-electron chi connectivity index (χ2n) is 7.21. The maximum atomic E-state index is 6.08. The van der Waals surface area contributed by atoms with Crippen LogP contribution in [-0.4, -0.2) is 35.5 Å². The minimum Gasteiger partial charge on any atom is -0.370 e. The smallest absolute Gasteiger partial charge is 0.193 e. The third-order valence-electron chi connectivity index (χ3n) is 5.12. The third-order valence-corrected chi connectivity index (χ3v) is 6.16. The molecule has 1 fully saturated rings. The molecule has 1 saturated heterocycles. The van der Waals surface area contributed by atoms with Crippen LogP contribution in [0.3, 0.4) is 0 Å². The minimum atomic E-state index is 0. The number of likely N-dealkylation sites (tertiary alicyclic amines) is 1. The zero-order valence-electron chi connectivity index (χ0n) is 16.9. The number of rotatable bonds is 7. The molecule has 0 spiro atoms. The van der Waals surface area contributed by atoms with Gasteiger partial charge in [0.05, 0.1) is 10.7 Å². The summed E-state index contributed by atoms with van der Waals surface area (Å²) in [5, 5.41) is 6.66. The number of hydrogen-bond donors (Lipinski definition) is 2. The molecule has 2 aromatic rings. The van der Waals surface area contributed by atoms with Gasteiger partial charge in [-0.25, -0.2) is 4.98 Å². The second-order valence-corrected chi connectivity index (χ2v) is 8.15. The molecule has 0 radical (unpaired) electrons. The lowest BCUT2D eigenvalue weighted by molar-refractivity contribution is 0.179. The van der Waals surface area contributed by atoms with Gasteiger partial charge in [0.15, 0.2) is 5.96 Å². The van der Waals surface area contributed by atoms with Crippen LogP contribution < -0.4 is 11.1 Å². The molecule has 0 aliphatic carbocycles. The Morgan fingerprint density at radius 1 is 1.29 bits per heavy atom. The first-order valence-electron chi connectivity index (χ1n) is 9.97. The topological polar surface area (TPSA) is 66.5 Å². The molecule has 1 aromatic carbocycles. The van der Waals surface area contributed by atoms with Crippen molar-refractivity contribution in [3.8, 4) is 0 Å². The summed E-state index contributed by atoms with van der Waals surface area (Å²) in [6.07, 6.45) is 4.40. The molecule has 1 aliphatic rings. The number of nitrogens with one attached hydrogen (secondary N) is 1. The lowest BCUT2D eigenvalue weighted by atomic mass is 9.97. The predicted molar refractivity (Wildman–Crippen MR) is 131 cm³/mol. The number of guanidine groups is 1. The van der Waals surface area contributed by atoms with Crippen molar-refractivity contribution in [3.05, 3.63) is 45.9 Å². The van der Waals surface area contributed by atoms with Gasteiger partial charge in [-0.3, -0.25) is 9.89 Å². The molecule has 0 bridgehead atoms. The number of anilines is 1. The first kappa shape index (κ1) is 23.1. The summed E-state index contributed by atoms with van der Waals surface area (Å²) in [4.78, 5) is 11.8. The van der Waals surface area contributed by atoms with E-state index in [9.17, 15) is 0 Å². The molecule has 0 atom stereocenters. The van der Waals surface area contributed by atoms with Gasteiger partial charge >= 0.3 is 0 Å². The molecule has 0 saturated carbocycles. The Bertz CT molecular complexity index is 753. The van der Waals surface area contributed by atoms with E-state index in [0.29, 0.717) is 11.9 Å². The standard InChI is InChI=1S/C21H31N5S.HI/c1-3-16-6-5-7-18(12-16)25-21(22)23-13-17-8-10-26(11-9-17)14-19-15-27-20(4-2)24-19;/h5-7,12,15,17H,3-4,8-11,13-14H2,1-2H3,(H3,22,23,25);1H. The summed E-state index contributed by atoms with van der Waals surface area (Å²) in [6.45, 7) is 8.33. The van der Waals surface area contributed by atoms with E-state index in [1.54, 1.807) is 11.3 Å². The van der Waals surface area contributed by atoms with Gasteiger partial charge < -0.3 is 11.1 Å². The van der Waals surface area contributed by atoms with Crippen molar-refractivity contribution in [1.82, 2.24) is 9.88 Å². The molecule has 1 aromatic heterocycles. The molecular formula is C21H32IN5S. The summed E-state index contributed by atoms with van der Waals surface area (Å²) in [7, 11) is 0. The van der Waals surface area contributed by atoms with Crippen LogP contribution in [0.5, 0.6) is 0 Å². The Morgan fingerprint density at radius 2 is 2.07 bits per heavy atom. The number of hydrogen-bond acceptors (Lipinski definition) is 4. The van der Waals surface area contributed by atoms with Crippen LogP contribution in [0.2, 0.25) is 0 Å². The number of piperidine rings is 1. The van der Waals surface area contributed by atoms with Gasteiger partial charge in [0, 0.05) is 24.2 Å². The highest BCUT2D eigenvalue weighted by Gasteiger charge is 2.19. The van der Waals surface area contributed by atoms with Crippen LogP contribution >= 0.6 is 35.3 Å². The number of nitrogens with two attached hydrogens (primary N) is 1.